The van der Waals surface area contributed by atoms with E-state index < -0.39 is 0 Å². The van der Waals surface area contributed by atoms with Gasteiger partial charge >= 0.3 is 0 Å². The summed E-state index contributed by atoms with van der Waals surface area (Å²) < 4.78 is 1.74. The average Bonchev–Trinajstić information content (AvgIpc) is 3.30. The van der Waals surface area contributed by atoms with Gasteiger partial charge in [0, 0.05) is 44.1 Å². The van der Waals surface area contributed by atoms with Gasteiger partial charge < -0.3 is 14.8 Å². The van der Waals surface area contributed by atoms with Crippen molar-refractivity contribution in [3.8, 4) is 0 Å². The molecule has 5 nitrogen and oxygen atoms in total. The topological polar surface area (TPSA) is 50.2 Å². The molecule has 1 aromatic heterocycles. The third-order valence-electron chi connectivity index (χ3n) is 4.35. The number of rotatable bonds is 5. The molecule has 2 heterocycles. The summed E-state index contributed by atoms with van der Waals surface area (Å²) in [4.78, 5) is 19.0. The van der Waals surface area contributed by atoms with Crippen molar-refractivity contribution in [1.29, 1.82) is 0 Å². The summed E-state index contributed by atoms with van der Waals surface area (Å²) in [7, 11) is 0. The van der Waals surface area contributed by atoms with E-state index in [1.165, 1.54) is 19.3 Å². The van der Waals surface area contributed by atoms with Gasteiger partial charge in [0.25, 0.3) is 5.56 Å². The molecule has 3 rings (SSSR count). The first-order valence-electron chi connectivity index (χ1n) is 7.85. The molecule has 0 spiro atoms. The van der Waals surface area contributed by atoms with Crippen LogP contribution >= 0.6 is 0 Å². The van der Waals surface area contributed by atoms with Crippen LogP contribution < -0.4 is 15.8 Å². The van der Waals surface area contributed by atoms with Gasteiger partial charge in [-0.1, -0.05) is 0 Å². The van der Waals surface area contributed by atoms with Gasteiger partial charge in [0.05, 0.1) is 0 Å². The third-order valence-corrected chi connectivity index (χ3v) is 4.35. The first-order chi connectivity index (χ1) is 9.79. The van der Waals surface area contributed by atoms with Crippen molar-refractivity contribution >= 4 is 5.82 Å². The fourth-order valence-electron chi connectivity index (χ4n) is 2.96. The third kappa shape index (κ3) is 2.87. The highest BCUT2D eigenvalue weighted by Crippen LogP contribution is 2.23. The van der Waals surface area contributed by atoms with Crippen LogP contribution in [0.4, 0.5) is 5.82 Å². The molecular weight excluding hydrogens is 252 g/mol. The first-order valence-corrected chi connectivity index (χ1v) is 7.85. The molecule has 1 aromatic rings. The molecule has 0 bridgehead atoms. The molecule has 1 saturated heterocycles. The first kappa shape index (κ1) is 13.6. The van der Waals surface area contributed by atoms with E-state index in [1.54, 1.807) is 17.0 Å². The summed E-state index contributed by atoms with van der Waals surface area (Å²) in [6.45, 7) is 4.63. The van der Waals surface area contributed by atoms with Crippen LogP contribution in [0.1, 0.15) is 39.0 Å². The van der Waals surface area contributed by atoms with Crippen LogP contribution in [0.5, 0.6) is 0 Å². The van der Waals surface area contributed by atoms with Gasteiger partial charge in [-0.15, -0.1) is 0 Å². The maximum Gasteiger partial charge on any atom is 0.293 e. The Labute approximate surface area is 120 Å². The minimum absolute atomic E-state index is 0.0494. The standard InChI is InChI=1S/C15H24N4O/c1-2-18-10-8-16-14(15(18)20)19-9-4-3-5-13(19)11-17-12-6-7-12/h8,10,12-13,17H,2-7,9,11H2,1H3. The molecule has 1 atom stereocenters. The van der Waals surface area contributed by atoms with E-state index in [0.29, 0.717) is 18.4 Å². The van der Waals surface area contributed by atoms with Crippen molar-refractivity contribution in [3.05, 3.63) is 22.7 Å². The fourth-order valence-corrected chi connectivity index (χ4v) is 2.96. The second kappa shape index (κ2) is 5.95. The Morgan fingerprint density at radius 1 is 1.35 bits per heavy atom. The number of hydrogen-bond donors (Lipinski definition) is 1. The van der Waals surface area contributed by atoms with E-state index in [9.17, 15) is 4.79 Å². The number of aromatic nitrogens is 2. The summed E-state index contributed by atoms with van der Waals surface area (Å²) in [6, 6.07) is 1.13. The zero-order valence-electron chi connectivity index (χ0n) is 12.2. The molecule has 20 heavy (non-hydrogen) atoms. The lowest BCUT2D eigenvalue weighted by atomic mass is 10.0. The smallest absolute Gasteiger partial charge is 0.293 e. The minimum Gasteiger partial charge on any atom is -0.348 e. The van der Waals surface area contributed by atoms with Gasteiger partial charge in [-0.2, -0.15) is 0 Å². The van der Waals surface area contributed by atoms with E-state index in [4.69, 9.17) is 0 Å². The van der Waals surface area contributed by atoms with Gasteiger partial charge in [-0.25, -0.2) is 4.98 Å². The van der Waals surface area contributed by atoms with Crippen LogP contribution in [0, 0.1) is 0 Å². The Kier molecular flexibility index (Phi) is 4.05. The van der Waals surface area contributed by atoms with Crippen molar-refractivity contribution in [2.24, 2.45) is 0 Å². The molecule has 0 aromatic carbocycles. The minimum atomic E-state index is 0.0494. The monoisotopic (exact) mass is 276 g/mol. The Morgan fingerprint density at radius 2 is 2.20 bits per heavy atom. The fraction of sp³-hybridized carbons (Fsp3) is 0.733. The molecular formula is C15H24N4O. The Bertz CT molecular complexity index is 509. The predicted molar refractivity (Wildman–Crippen MR) is 80.2 cm³/mol. The van der Waals surface area contributed by atoms with E-state index in [0.717, 1.165) is 32.0 Å². The number of nitrogens with zero attached hydrogens (tertiary/aromatic N) is 3. The van der Waals surface area contributed by atoms with E-state index in [-0.39, 0.29) is 5.56 Å². The molecule has 0 radical (unpaired) electrons. The molecule has 1 saturated carbocycles. The molecule has 1 N–H and O–H groups in total. The quantitative estimate of drug-likeness (QED) is 0.882. The number of piperidine rings is 1. The second-order valence-electron chi connectivity index (χ2n) is 5.87. The van der Waals surface area contributed by atoms with E-state index >= 15 is 0 Å². The Balaban J connectivity index is 1.79. The predicted octanol–water partition coefficient (Wildman–Crippen LogP) is 1.37. The summed E-state index contributed by atoms with van der Waals surface area (Å²) in [5, 5.41) is 3.60. The largest absolute Gasteiger partial charge is 0.348 e. The number of nitrogens with one attached hydrogen (secondary N) is 1. The summed E-state index contributed by atoms with van der Waals surface area (Å²) in [5.74, 6) is 0.636. The maximum absolute atomic E-state index is 12.4. The molecule has 0 amide bonds. The molecule has 1 aliphatic heterocycles. The van der Waals surface area contributed by atoms with Crippen LogP contribution in [0.25, 0.3) is 0 Å². The Morgan fingerprint density at radius 3 is 2.95 bits per heavy atom. The zero-order chi connectivity index (χ0) is 13.9. The molecule has 5 heteroatoms. The second-order valence-corrected chi connectivity index (χ2v) is 5.87. The van der Waals surface area contributed by atoms with Crippen molar-refractivity contribution < 1.29 is 0 Å². The SMILES string of the molecule is CCn1ccnc(N2CCCCC2CNC2CC2)c1=O. The van der Waals surface area contributed by atoms with Gasteiger partial charge in [-0.05, 0) is 39.0 Å². The molecule has 2 fully saturated rings. The van der Waals surface area contributed by atoms with Gasteiger partial charge in [0.2, 0.25) is 0 Å². The zero-order valence-corrected chi connectivity index (χ0v) is 12.2. The summed E-state index contributed by atoms with van der Waals surface area (Å²) >= 11 is 0. The lowest BCUT2D eigenvalue weighted by Gasteiger charge is -2.36. The van der Waals surface area contributed by atoms with Crippen molar-refractivity contribution in [3.63, 3.8) is 0 Å². The summed E-state index contributed by atoms with van der Waals surface area (Å²) in [6.07, 6.45) is 9.69. The van der Waals surface area contributed by atoms with Crippen molar-refractivity contribution in [1.82, 2.24) is 14.9 Å². The Hall–Kier alpha value is -1.36. The summed E-state index contributed by atoms with van der Waals surface area (Å²) in [5.41, 5.74) is 0.0494. The number of aryl methyl sites for hydroxylation is 1. The van der Waals surface area contributed by atoms with Crippen LogP contribution in [-0.4, -0.2) is 34.7 Å². The maximum atomic E-state index is 12.4. The molecule has 110 valence electrons. The highest BCUT2D eigenvalue weighted by molar-refractivity contribution is 5.38. The normalized spacial score (nSPS) is 23.1. The highest BCUT2D eigenvalue weighted by atomic mass is 16.1. The van der Waals surface area contributed by atoms with Gasteiger partial charge in [-0.3, -0.25) is 4.79 Å². The van der Waals surface area contributed by atoms with Crippen molar-refractivity contribution in [2.75, 3.05) is 18.0 Å². The molecule has 2 aliphatic rings. The van der Waals surface area contributed by atoms with E-state index in [1.807, 2.05) is 6.92 Å². The van der Waals surface area contributed by atoms with Crippen LogP contribution in [0.15, 0.2) is 17.2 Å². The van der Waals surface area contributed by atoms with Crippen LogP contribution in [0.3, 0.4) is 0 Å². The van der Waals surface area contributed by atoms with Gasteiger partial charge in [0.1, 0.15) is 0 Å². The highest BCUT2D eigenvalue weighted by Gasteiger charge is 2.28. The lowest BCUT2D eigenvalue weighted by molar-refractivity contribution is 0.429. The van der Waals surface area contributed by atoms with Crippen LogP contribution in [0.2, 0.25) is 0 Å². The van der Waals surface area contributed by atoms with Crippen LogP contribution in [-0.2, 0) is 6.54 Å². The van der Waals surface area contributed by atoms with Crippen molar-refractivity contribution in [2.45, 2.75) is 57.7 Å². The van der Waals surface area contributed by atoms with E-state index in [2.05, 4.69) is 15.2 Å². The number of hydrogen-bond acceptors (Lipinski definition) is 4. The average molecular weight is 276 g/mol. The molecule has 1 unspecified atom stereocenters. The lowest BCUT2D eigenvalue weighted by Crippen LogP contribution is -2.48. The molecule has 1 aliphatic carbocycles. The van der Waals surface area contributed by atoms with Gasteiger partial charge in [0.15, 0.2) is 5.82 Å². The number of anilines is 1.